The minimum absolute atomic E-state index is 0.0509. The Balaban J connectivity index is 1.81. The number of hydrogen-bond acceptors (Lipinski definition) is 2. The highest BCUT2D eigenvalue weighted by molar-refractivity contribution is 5.85. The lowest BCUT2D eigenvalue weighted by Crippen LogP contribution is -2.46. The number of hydrogen-bond donors (Lipinski definition) is 1. The normalized spacial score (nSPS) is 32.9. The maximum Gasteiger partial charge on any atom is 0.241 e. The van der Waals surface area contributed by atoms with E-state index in [1.165, 1.54) is 25.7 Å². The van der Waals surface area contributed by atoms with Crippen LogP contribution in [0.1, 0.15) is 52.9 Å². The molecule has 3 rings (SSSR count). The summed E-state index contributed by atoms with van der Waals surface area (Å²) in [6.45, 7) is 6.49. The van der Waals surface area contributed by atoms with Crippen molar-refractivity contribution in [2.24, 2.45) is 17.8 Å². The SMILES string of the molecule is CCC1NC(C(C)C)C(=O)N1C(C1CC1)C1CC1. The first-order valence-corrected chi connectivity index (χ1v) is 7.71. The van der Waals surface area contributed by atoms with E-state index in [4.69, 9.17) is 0 Å². The predicted octanol–water partition coefficient (Wildman–Crippen LogP) is 2.37. The molecule has 3 nitrogen and oxygen atoms in total. The molecule has 2 saturated carbocycles. The van der Waals surface area contributed by atoms with Gasteiger partial charge in [0.05, 0.1) is 12.2 Å². The van der Waals surface area contributed by atoms with Crippen molar-refractivity contribution < 1.29 is 4.79 Å². The van der Waals surface area contributed by atoms with Crippen molar-refractivity contribution in [2.45, 2.75) is 71.1 Å². The van der Waals surface area contributed by atoms with Crippen LogP contribution in [0, 0.1) is 17.8 Å². The van der Waals surface area contributed by atoms with E-state index in [2.05, 4.69) is 31.0 Å². The molecule has 1 amide bonds. The largest absolute Gasteiger partial charge is 0.322 e. The topological polar surface area (TPSA) is 32.3 Å². The molecule has 0 aromatic carbocycles. The molecule has 3 aliphatic rings. The van der Waals surface area contributed by atoms with Gasteiger partial charge in [-0.1, -0.05) is 20.8 Å². The fourth-order valence-corrected chi connectivity index (χ4v) is 3.53. The number of carbonyl (C=O) groups is 1. The standard InChI is InChI=1S/C15H26N2O/c1-4-12-16-13(9(2)3)15(18)17(12)14(10-5-6-10)11-7-8-11/h9-14,16H,4-8H2,1-3H3. The summed E-state index contributed by atoms with van der Waals surface area (Å²) in [5.41, 5.74) is 0. The number of nitrogens with zero attached hydrogens (tertiary/aromatic N) is 1. The minimum Gasteiger partial charge on any atom is -0.322 e. The lowest BCUT2D eigenvalue weighted by molar-refractivity contribution is -0.134. The Morgan fingerprint density at radius 1 is 1.22 bits per heavy atom. The van der Waals surface area contributed by atoms with Gasteiger partial charge in [-0.05, 0) is 49.9 Å². The highest BCUT2D eigenvalue weighted by atomic mass is 16.2. The molecule has 0 bridgehead atoms. The van der Waals surface area contributed by atoms with E-state index in [1.54, 1.807) is 0 Å². The third kappa shape index (κ3) is 2.07. The molecule has 0 aromatic rings. The van der Waals surface area contributed by atoms with E-state index in [0.29, 0.717) is 17.9 Å². The fraction of sp³-hybridized carbons (Fsp3) is 0.933. The summed E-state index contributed by atoms with van der Waals surface area (Å²) in [4.78, 5) is 14.9. The summed E-state index contributed by atoms with van der Waals surface area (Å²) in [5, 5.41) is 3.56. The first-order chi connectivity index (χ1) is 8.63. The summed E-state index contributed by atoms with van der Waals surface area (Å²) in [6.07, 6.45) is 6.68. The van der Waals surface area contributed by atoms with Crippen LogP contribution in [0.2, 0.25) is 0 Å². The maximum atomic E-state index is 12.7. The van der Waals surface area contributed by atoms with Gasteiger partial charge in [-0.3, -0.25) is 10.1 Å². The van der Waals surface area contributed by atoms with E-state index in [1.807, 2.05) is 0 Å². The van der Waals surface area contributed by atoms with Gasteiger partial charge >= 0.3 is 0 Å². The van der Waals surface area contributed by atoms with E-state index < -0.39 is 0 Å². The molecule has 18 heavy (non-hydrogen) atoms. The van der Waals surface area contributed by atoms with Gasteiger partial charge in [0, 0.05) is 6.04 Å². The molecule has 0 radical (unpaired) electrons. The predicted molar refractivity (Wildman–Crippen MR) is 71.9 cm³/mol. The molecule has 0 aromatic heterocycles. The third-order valence-electron chi connectivity index (χ3n) is 4.81. The monoisotopic (exact) mass is 250 g/mol. The molecule has 2 aliphatic carbocycles. The minimum atomic E-state index is 0.0509. The lowest BCUT2D eigenvalue weighted by Gasteiger charge is -2.33. The average molecular weight is 250 g/mol. The zero-order valence-electron chi connectivity index (χ0n) is 11.9. The molecule has 2 unspecified atom stereocenters. The number of rotatable bonds is 5. The summed E-state index contributed by atoms with van der Waals surface area (Å²) in [6, 6.07) is 0.605. The van der Waals surface area contributed by atoms with Crippen LogP contribution < -0.4 is 5.32 Å². The van der Waals surface area contributed by atoms with Crippen molar-refractivity contribution in [2.75, 3.05) is 0 Å². The molecule has 3 fully saturated rings. The number of carbonyl (C=O) groups excluding carboxylic acids is 1. The van der Waals surface area contributed by atoms with Crippen molar-refractivity contribution in [1.82, 2.24) is 10.2 Å². The van der Waals surface area contributed by atoms with Crippen molar-refractivity contribution in [3.05, 3.63) is 0 Å². The second-order valence-corrected chi connectivity index (χ2v) is 6.72. The van der Waals surface area contributed by atoms with Crippen LogP contribution >= 0.6 is 0 Å². The van der Waals surface area contributed by atoms with Crippen LogP contribution in [0.15, 0.2) is 0 Å². The fourth-order valence-electron chi connectivity index (χ4n) is 3.53. The highest BCUT2D eigenvalue weighted by Crippen LogP contribution is 2.48. The Labute approximate surface area is 110 Å². The maximum absolute atomic E-state index is 12.7. The molecular weight excluding hydrogens is 224 g/mol. The van der Waals surface area contributed by atoms with E-state index >= 15 is 0 Å². The summed E-state index contributed by atoms with van der Waals surface area (Å²) < 4.78 is 0. The van der Waals surface area contributed by atoms with Crippen LogP contribution in [-0.2, 0) is 4.79 Å². The zero-order valence-corrected chi connectivity index (χ0v) is 11.9. The Bertz CT molecular complexity index is 321. The molecule has 102 valence electrons. The first kappa shape index (κ1) is 12.5. The second kappa shape index (κ2) is 4.52. The Morgan fingerprint density at radius 3 is 2.17 bits per heavy atom. The van der Waals surface area contributed by atoms with Gasteiger partial charge in [-0.25, -0.2) is 0 Å². The van der Waals surface area contributed by atoms with Gasteiger partial charge in [0.2, 0.25) is 5.91 Å². The van der Waals surface area contributed by atoms with E-state index in [9.17, 15) is 4.79 Å². The van der Waals surface area contributed by atoms with Crippen LogP contribution in [0.5, 0.6) is 0 Å². The van der Waals surface area contributed by atoms with Gasteiger partial charge in [-0.2, -0.15) is 0 Å². The Kier molecular flexibility index (Phi) is 3.13. The van der Waals surface area contributed by atoms with Gasteiger partial charge in [-0.15, -0.1) is 0 Å². The third-order valence-corrected chi connectivity index (χ3v) is 4.81. The molecular formula is C15H26N2O. The van der Waals surface area contributed by atoms with Crippen molar-refractivity contribution >= 4 is 5.91 Å². The second-order valence-electron chi connectivity index (χ2n) is 6.72. The van der Waals surface area contributed by atoms with Gasteiger partial charge in [0.15, 0.2) is 0 Å². The first-order valence-electron chi connectivity index (χ1n) is 7.71. The quantitative estimate of drug-likeness (QED) is 0.812. The number of nitrogens with one attached hydrogen (secondary N) is 1. The molecule has 2 atom stereocenters. The van der Waals surface area contributed by atoms with Gasteiger partial charge < -0.3 is 4.90 Å². The van der Waals surface area contributed by atoms with E-state index in [0.717, 1.165) is 18.3 Å². The van der Waals surface area contributed by atoms with E-state index in [-0.39, 0.29) is 12.2 Å². The van der Waals surface area contributed by atoms with Crippen LogP contribution in [-0.4, -0.2) is 29.1 Å². The van der Waals surface area contributed by atoms with Gasteiger partial charge in [0.1, 0.15) is 0 Å². The zero-order chi connectivity index (χ0) is 12.9. The number of amides is 1. The molecule has 1 saturated heterocycles. The average Bonchev–Trinajstić information content (AvgIpc) is 3.21. The van der Waals surface area contributed by atoms with Gasteiger partial charge in [0.25, 0.3) is 0 Å². The smallest absolute Gasteiger partial charge is 0.241 e. The van der Waals surface area contributed by atoms with Crippen LogP contribution in [0.3, 0.4) is 0 Å². The molecule has 3 heteroatoms. The molecule has 0 spiro atoms. The highest BCUT2D eigenvalue weighted by Gasteiger charge is 2.52. The molecule has 1 heterocycles. The Hall–Kier alpha value is -0.570. The molecule has 1 aliphatic heterocycles. The van der Waals surface area contributed by atoms with Crippen LogP contribution in [0.4, 0.5) is 0 Å². The van der Waals surface area contributed by atoms with Crippen molar-refractivity contribution in [3.63, 3.8) is 0 Å². The van der Waals surface area contributed by atoms with Crippen molar-refractivity contribution in [3.8, 4) is 0 Å². The summed E-state index contributed by atoms with van der Waals surface area (Å²) in [7, 11) is 0. The summed E-state index contributed by atoms with van der Waals surface area (Å²) in [5.74, 6) is 2.39. The Morgan fingerprint density at radius 2 is 1.78 bits per heavy atom. The van der Waals surface area contributed by atoms with Crippen molar-refractivity contribution in [1.29, 1.82) is 0 Å². The summed E-state index contributed by atoms with van der Waals surface area (Å²) >= 11 is 0. The lowest BCUT2D eigenvalue weighted by atomic mass is 10.0. The van der Waals surface area contributed by atoms with Crippen LogP contribution in [0.25, 0.3) is 0 Å². The molecule has 1 N–H and O–H groups in total.